The van der Waals surface area contributed by atoms with Crippen LogP contribution in [0, 0.1) is 17.0 Å². The van der Waals surface area contributed by atoms with Crippen molar-refractivity contribution >= 4 is 17.3 Å². The number of alkyl halides is 3. The van der Waals surface area contributed by atoms with E-state index in [0.29, 0.717) is 30.7 Å². The van der Waals surface area contributed by atoms with Crippen LogP contribution < -0.4 is 10.1 Å². The number of amides is 1. The molecular weight excluding hydrogens is 465 g/mol. The number of halogens is 3. The lowest BCUT2D eigenvalue weighted by Gasteiger charge is -2.11. The number of carbonyl (C=O) groups is 1. The minimum Gasteiger partial charge on any atom is -0.457 e. The monoisotopic (exact) mass is 488 g/mol. The number of rotatable bonds is 6. The number of nitrogens with one attached hydrogen (secondary N) is 1. The molecule has 0 saturated heterocycles. The predicted octanol–water partition coefficient (Wildman–Crippen LogP) is 5.82. The first-order chi connectivity index (χ1) is 16.6. The highest BCUT2D eigenvalue weighted by Crippen LogP contribution is 2.35. The summed E-state index contributed by atoms with van der Waals surface area (Å²) in [5.41, 5.74) is 0.387. The third-order valence-electron chi connectivity index (χ3n) is 5.71. The molecule has 1 aromatic heterocycles. The van der Waals surface area contributed by atoms with Crippen LogP contribution in [0.5, 0.6) is 11.5 Å². The summed E-state index contributed by atoms with van der Waals surface area (Å²) in [5, 5.41) is 17.6. The van der Waals surface area contributed by atoms with Crippen LogP contribution in [0.2, 0.25) is 0 Å². The Bertz CT molecular complexity index is 1250. The van der Waals surface area contributed by atoms with Gasteiger partial charge in [-0.15, -0.1) is 0 Å². The molecule has 1 heterocycles. The molecule has 4 rings (SSSR count). The molecule has 35 heavy (non-hydrogen) atoms. The van der Waals surface area contributed by atoms with Crippen molar-refractivity contribution in [1.82, 2.24) is 9.78 Å². The first kappa shape index (κ1) is 24.2. The summed E-state index contributed by atoms with van der Waals surface area (Å²) in [7, 11) is 0. The lowest BCUT2D eigenvalue weighted by molar-refractivity contribution is -0.384. The van der Waals surface area contributed by atoms with Crippen molar-refractivity contribution in [3.8, 4) is 11.5 Å². The van der Waals surface area contributed by atoms with Gasteiger partial charge in [0.2, 0.25) is 5.91 Å². The molecule has 0 unspecified atom stereocenters. The van der Waals surface area contributed by atoms with E-state index in [-0.39, 0.29) is 29.1 Å². The van der Waals surface area contributed by atoms with E-state index >= 15 is 0 Å². The third kappa shape index (κ3) is 5.79. The largest absolute Gasteiger partial charge is 0.457 e. The molecule has 11 heteroatoms. The van der Waals surface area contributed by atoms with Crippen LogP contribution in [-0.4, -0.2) is 20.6 Å². The standard InChI is InChI=1S/C24H23F3N4O4/c1-15-7-9-18(10-8-15)35-19-12-16(11-17(13-19)31(33)34)28-22(32)14-30-21-6-4-2-3-5-20(21)23(29-30)24(25,26)27/h7-13H,2-6,14H2,1H3,(H,28,32). The number of hydrogen-bond donors (Lipinski definition) is 1. The van der Waals surface area contributed by atoms with Gasteiger partial charge in [-0.25, -0.2) is 0 Å². The van der Waals surface area contributed by atoms with Crippen molar-refractivity contribution in [2.45, 2.75) is 51.7 Å². The van der Waals surface area contributed by atoms with E-state index in [9.17, 15) is 28.1 Å². The minimum atomic E-state index is -4.61. The summed E-state index contributed by atoms with van der Waals surface area (Å²) in [6, 6.07) is 10.8. The number of benzene rings is 2. The van der Waals surface area contributed by atoms with E-state index in [1.807, 2.05) is 19.1 Å². The number of hydrogen-bond acceptors (Lipinski definition) is 5. The van der Waals surface area contributed by atoms with E-state index in [1.54, 1.807) is 12.1 Å². The second kappa shape index (κ2) is 9.77. The number of aromatic nitrogens is 2. The van der Waals surface area contributed by atoms with Gasteiger partial charge in [-0.05, 0) is 44.7 Å². The summed E-state index contributed by atoms with van der Waals surface area (Å²) >= 11 is 0. The fourth-order valence-corrected chi connectivity index (χ4v) is 4.10. The average molecular weight is 488 g/mol. The number of carbonyl (C=O) groups excluding carboxylic acids is 1. The minimum absolute atomic E-state index is 0.0839. The Morgan fingerprint density at radius 3 is 2.51 bits per heavy atom. The third-order valence-corrected chi connectivity index (χ3v) is 5.71. The molecule has 8 nitrogen and oxygen atoms in total. The average Bonchev–Trinajstić information content (AvgIpc) is 2.96. The van der Waals surface area contributed by atoms with Gasteiger partial charge in [0.05, 0.1) is 16.7 Å². The van der Waals surface area contributed by atoms with Crippen LogP contribution >= 0.6 is 0 Å². The molecule has 184 valence electrons. The molecule has 1 amide bonds. The molecule has 0 saturated carbocycles. The van der Waals surface area contributed by atoms with Crippen molar-refractivity contribution in [2.24, 2.45) is 0 Å². The summed E-state index contributed by atoms with van der Waals surface area (Å²) < 4.78 is 47.3. The zero-order valence-electron chi connectivity index (χ0n) is 18.9. The van der Waals surface area contributed by atoms with Gasteiger partial charge in [0.25, 0.3) is 5.69 Å². The molecule has 0 radical (unpaired) electrons. The van der Waals surface area contributed by atoms with Crippen molar-refractivity contribution in [1.29, 1.82) is 0 Å². The lowest BCUT2D eigenvalue weighted by atomic mass is 10.1. The van der Waals surface area contributed by atoms with E-state index in [4.69, 9.17) is 4.74 Å². The number of anilines is 1. The molecule has 0 aliphatic heterocycles. The Kier molecular flexibility index (Phi) is 6.77. The van der Waals surface area contributed by atoms with E-state index in [1.165, 1.54) is 12.1 Å². The predicted molar refractivity (Wildman–Crippen MR) is 121 cm³/mol. The van der Waals surface area contributed by atoms with Gasteiger partial charge in [0, 0.05) is 23.4 Å². The lowest BCUT2D eigenvalue weighted by Crippen LogP contribution is -2.21. The van der Waals surface area contributed by atoms with E-state index < -0.39 is 29.2 Å². The fourth-order valence-electron chi connectivity index (χ4n) is 4.10. The fraction of sp³-hybridized carbons (Fsp3) is 0.333. The highest BCUT2D eigenvalue weighted by atomic mass is 19.4. The summed E-state index contributed by atoms with van der Waals surface area (Å²) in [6.45, 7) is 1.45. The second-order valence-corrected chi connectivity index (χ2v) is 8.43. The first-order valence-corrected chi connectivity index (χ1v) is 11.1. The number of non-ortho nitro benzene ring substituents is 1. The maximum atomic E-state index is 13.5. The molecular formula is C24H23F3N4O4. The summed E-state index contributed by atoms with van der Waals surface area (Å²) in [4.78, 5) is 23.5. The van der Waals surface area contributed by atoms with Gasteiger partial charge in [-0.2, -0.15) is 18.3 Å². The number of aryl methyl sites for hydroxylation is 1. The van der Waals surface area contributed by atoms with Crippen LogP contribution in [0.25, 0.3) is 0 Å². The normalized spacial score (nSPS) is 13.6. The van der Waals surface area contributed by atoms with Crippen LogP contribution in [0.3, 0.4) is 0 Å². The summed E-state index contributed by atoms with van der Waals surface area (Å²) in [5.74, 6) is -0.0759. The SMILES string of the molecule is Cc1ccc(Oc2cc(NC(=O)Cn3nc(C(F)(F)F)c4c3CCCCC4)cc([N+](=O)[O-])c2)cc1. The Morgan fingerprint density at radius 2 is 1.83 bits per heavy atom. The molecule has 3 aromatic rings. The van der Waals surface area contributed by atoms with Gasteiger partial charge in [0.1, 0.15) is 18.0 Å². The van der Waals surface area contributed by atoms with Crippen LogP contribution in [0.15, 0.2) is 42.5 Å². The van der Waals surface area contributed by atoms with Crippen LogP contribution in [-0.2, 0) is 30.4 Å². The van der Waals surface area contributed by atoms with Crippen molar-refractivity contribution in [3.05, 3.63) is 75.1 Å². The highest BCUT2D eigenvalue weighted by molar-refractivity contribution is 5.91. The molecule has 1 aliphatic rings. The zero-order valence-corrected chi connectivity index (χ0v) is 18.9. The quantitative estimate of drug-likeness (QED) is 0.268. The maximum absolute atomic E-state index is 13.5. The molecule has 0 atom stereocenters. The Hall–Kier alpha value is -3.89. The molecule has 2 aromatic carbocycles. The molecule has 1 aliphatic carbocycles. The van der Waals surface area contributed by atoms with Gasteiger partial charge in [-0.3, -0.25) is 19.6 Å². The second-order valence-electron chi connectivity index (χ2n) is 8.43. The van der Waals surface area contributed by atoms with Crippen molar-refractivity contribution in [2.75, 3.05) is 5.32 Å². The Balaban J connectivity index is 1.57. The first-order valence-electron chi connectivity index (χ1n) is 11.1. The molecule has 0 spiro atoms. The maximum Gasteiger partial charge on any atom is 0.435 e. The Labute approximate surface area is 198 Å². The highest BCUT2D eigenvalue weighted by Gasteiger charge is 2.39. The van der Waals surface area contributed by atoms with Crippen molar-refractivity contribution in [3.63, 3.8) is 0 Å². The van der Waals surface area contributed by atoms with Gasteiger partial charge >= 0.3 is 6.18 Å². The molecule has 0 bridgehead atoms. The van der Waals surface area contributed by atoms with Gasteiger partial charge in [-0.1, -0.05) is 24.1 Å². The molecule has 1 N–H and O–H groups in total. The van der Waals surface area contributed by atoms with Crippen molar-refractivity contribution < 1.29 is 27.6 Å². The Morgan fingerprint density at radius 1 is 1.11 bits per heavy atom. The number of ether oxygens (including phenoxy) is 1. The van der Waals surface area contributed by atoms with Gasteiger partial charge < -0.3 is 10.1 Å². The number of nitro benzene ring substituents is 1. The summed E-state index contributed by atoms with van der Waals surface area (Å²) in [6.07, 6.45) is -1.81. The smallest absolute Gasteiger partial charge is 0.435 e. The van der Waals surface area contributed by atoms with Crippen LogP contribution in [0.1, 0.15) is 41.8 Å². The van der Waals surface area contributed by atoms with Crippen LogP contribution in [0.4, 0.5) is 24.5 Å². The van der Waals surface area contributed by atoms with E-state index in [2.05, 4.69) is 10.4 Å². The van der Waals surface area contributed by atoms with Gasteiger partial charge in [0.15, 0.2) is 5.69 Å². The number of fused-ring (bicyclic) bond motifs is 1. The topological polar surface area (TPSA) is 99.3 Å². The zero-order chi connectivity index (χ0) is 25.2. The van der Waals surface area contributed by atoms with E-state index in [0.717, 1.165) is 22.7 Å². The molecule has 0 fully saturated rings. The number of nitro groups is 1. The number of nitrogens with zero attached hydrogens (tertiary/aromatic N) is 3.